The second-order valence-electron chi connectivity index (χ2n) is 5.51. The van der Waals surface area contributed by atoms with E-state index in [2.05, 4.69) is 10.1 Å². The molecule has 26 heavy (non-hydrogen) atoms. The minimum absolute atomic E-state index is 0.172. The van der Waals surface area contributed by atoms with Gasteiger partial charge in [-0.1, -0.05) is 41.7 Å². The van der Waals surface area contributed by atoms with Gasteiger partial charge < -0.3 is 4.74 Å². The van der Waals surface area contributed by atoms with Crippen LogP contribution in [0, 0.1) is 0 Å². The molecule has 0 atom stereocenters. The Hall–Kier alpha value is -2.75. The minimum atomic E-state index is -3.90. The third-order valence-electron chi connectivity index (χ3n) is 3.84. The van der Waals surface area contributed by atoms with E-state index in [1.165, 1.54) is 4.52 Å². The van der Waals surface area contributed by atoms with Crippen molar-refractivity contribution in [3.8, 4) is 28.3 Å². The van der Waals surface area contributed by atoms with Crippen LogP contribution >= 0.6 is 11.3 Å². The van der Waals surface area contributed by atoms with E-state index in [0.717, 1.165) is 33.9 Å². The average molecular weight is 386 g/mol. The molecule has 4 aromatic rings. The number of ether oxygens (including phenoxy) is 1. The number of aromatic nitrogens is 3. The van der Waals surface area contributed by atoms with Gasteiger partial charge in [-0.15, -0.1) is 5.10 Å². The van der Waals surface area contributed by atoms with E-state index in [-0.39, 0.29) is 4.34 Å². The van der Waals surface area contributed by atoms with Crippen LogP contribution in [0.15, 0.2) is 58.9 Å². The highest BCUT2D eigenvalue weighted by molar-refractivity contribution is 7.91. The van der Waals surface area contributed by atoms with Crippen LogP contribution in [0.1, 0.15) is 0 Å². The molecule has 0 bridgehead atoms. The van der Waals surface area contributed by atoms with Crippen LogP contribution in [0.25, 0.3) is 27.5 Å². The van der Waals surface area contributed by atoms with Crippen molar-refractivity contribution >= 4 is 26.3 Å². The fourth-order valence-electron chi connectivity index (χ4n) is 2.65. The molecule has 0 spiro atoms. The van der Waals surface area contributed by atoms with Crippen LogP contribution in [-0.2, 0) is 10.0 Å². The van der Waals surface area contributed by atoms with E-state index >= 15 is 0 Å². The number of methoxy groups -OCH3 is 1. The number of nitrogens with zero attached hydrogens (tertiary/aromatic N) is 3. The monoisotopic (exact) mass is 386 g/mol. The number of imidazole rings is 1. The van der Waals surface area contributed by atoms with Crippen LogP contribution in [-0.4, -0.2) is 30.1 Å². The third-order valence-corrected chi connectivity index (χ3v) is 6.06. The summed E-state index contributed by atoms with van der Waals surface area (Å²) in [5.41, 5.74) is 3.16. The van der Waals surface area contributed by atoms with Crippen LogP contribution in [0.4, 0.5) is 0 Å². The molecule has 132 valence electrons. The fourth-order valence-corrected chi connectivity index (χ4v) is 4.17. The van der Waals surface area contributed by atoms with Gasteiger partial charge in [0.1, 0.15) is 17.1 Å². The lowest BCUT2D eigenvalue weighted by molar-refractivity contribution is 0.415. The first-order valence-corrected chi connectivity index (χ1v) is 9.96. The molecule has 0 saturated carbocycles. The molecule has 2 aromatic carbocycles. The molecule has 7 nitrogen and oxygen atoms in total. The predicted molar refractivity (Wildman–Crippen MR) is 99.7 cm³/mol. The minimum Gasteiger partial charge on any atom is -0.497 e. The largest absolute Gasteiger partial charge is 0.497 e. The van der Waals surface area contributed by atoms with Crippen LogP contribution in [0.3, 0.4) is 0 Å². The predicted octanol–water partition coefficient (Wildman–Crippen LogP) is 2.78. The van der Waals surface area contributed by atoms with Gasteiger partial charge in [-0.3, -0.25) is 0 Å². The molecule has 0 saturated heterocycles. The molecule has 0 aliphatic carbocycles. The Morgan fingerprint density at radius 3 is 2.35 bits per heavy atom. The first kappa shape index (κ1) is 16.7. The van der Waals surface area contributed by atoms with Crippen molar-refractivity contribution in [1.29, 1.82) is 0 Å². The topological polar surface area (TPSA) is 99.6 Å². The molecule has 9 heteroatoms. The maximum absolute atomic E-state index is 11.7. The molecule has 2 aromatic heterocycles. The highest BCUT2D eigenvalue weighted by Gasteiger charge is 2.23. The van der Waals surface area contributed by atoms with Crippen molar-refractivity contribution in [3.05, 3.63) is 54.6 Å². The summed E-state index contributed by atoms with van der Waals surface area (Å²) in [6.45, 7) is 0. The summed E-state index contributed by atoms with van der Waals surface area (Å²) in [6, 6.07) is 17.1. The molecule has 0 aliphatic rings. The summed E-state index contributed by atoms with van der Waals surface area (Å²) >= 11 is 0.939. The molecule has 0 amide bonds. The molecule has 4 rings (SSSR count). The van der Waals surface area contributed by atoms with Crippen LogP contribution in [0.5, 0.6) is 5.75 Å². The summed E-state index contributed by atoms with van der Waals surface area (Å²) in [7, 11) is -2.30. The number of hydrogen-bond acceptors (Lipinski definition) is 6. The van der Waals surface area contributed by atoms with E-state index in [9.17, 15) is 8.42 Å². The Balaban J connectivity index is 2.00. The van der Waals surface area contributed by atoms with E-state index in [1.54, 1.807) is 7.11 Å². The molecule has 2 heterocycles. The van der Waals surface area contributed by atoms with E-state index in [1.807, 2.05) is 54.6 Å². The van der Waals surface area contributed by atoms with E-state index < -0.39 is 10.0 Å². The zero-order chi connectivity index (χ0) is 18.3. The van der Waals surface area contributed by atoms with Gasteiger partial charge in [-0.2, -0.15) is 0 Å². The number of primary sulfonamides is 1. The van der Waals surface area contributed by atoms with Gasteiger partial charge in [0.2, 0.25) is 9.30 Å². The van der Waals surface area contributed by atoms with Gasteiger partial charge in [0.15, 0.2) is 0 Å². The van der Waals surface area contributed by atoms with Crippen LogP contribution < -0.4 is 9.88 Å². The Kier molecular flexibility index (Phi) is 3.98. The quantitative estimate of drug-likeness (QED) is 0.581. The number of fused-ring (bicyclic) bond motifs is 1. The van der Waals surface area contributed by atoms with Crippen molar-refractivity contribution in [1.82, 2.24) is 14.6 Å². The summed E-state index contributed by atoms with van der Waals surface area (Å²) < 4.78 is 29.9. The standard InChI is InChI=1S/C17H14N4O3S2/c1-24-13-9-7-12(8-10-13)15-14(11-5-3-2-4-6-11)19-16-21(15)20-17(25-16)26(18,22)23/h2-10H,1H3,(H2,18,22,23). The first-order valence-electron chi connectivity index (χ1n) is 7.59. The number of sulfonamides is 1. The van der Waals surface area contributed by atoms with E-state index in [4.69, 9.17) is 9.88 Å². The number of nitrogens with two attached hydrogens (primary N) is 1. The van der Waals surface area contributed by atoms with E-state index in [0.29, 0.717) is 10.7 Å². The number of benzene rings is 2. The molecule has 0 radical (unpaired) electrons. The second kappa shape index (κ2) is 6.20. The highest BCUT2D eigenvalue weighted by Crippen LogP contribution is 2.35. The lowest BCUT2D eigenvalue weighted by Gasteiger charge is -2.06. The molecular weight excluding hydrogens is 372 g/mol. The molecule has 2 N–H and O–H groups in total. The van der Waals surface area contributed by atoms with Gasteiger partial charge in [0, 0.05) is 11.1 Å². The zero-order valence-electron chi connectivity index (χ0n) is 13.7. The van der Waals surface area contributed by atoms with Gasteiger partial charge in [0.05, 0.1) is 7.11 Å². The number of hydrogen-bond donors (Lipinski definition) is 1. The van der Waals surface area contributed by atoms with Crippen LogP contribution in [0.2, 0.25) is 0 Å². The maximum atomic E-state index is 11.7. The Morgan fingerprint density at radius 1 is 1.04 bits per heavy atom. The summed E-state index contributed by atoms with van der Waals surface area (Å²) in [5.74, 6) is 0.722. The molecule has 0 fully saturated rings. The maximum Gasteiger partial charge on any atom is 0.267 e. The van der Waals surface area contributed by atoms with Crippen molar-refractivity contribution in [2.45, 2.75) is 4.34 Å². The molecule has 0 unspecified atom stereocenters. The highest BCUT2D eigenvalue weighted by atomic mass is 32.2. The van der Waals surface area contributed by atoms with Gasteiger partial charge in [-0.25, -0.2) is 23.1 Å². The lowest BCUT2D eigenvalue weighted by Crippen LogP contribution is -2.12. The smallest absolute Gasteiger partial charge is 0.267 e. The lowest BCUT2D eigenvalue weighted by atomic mass is 10.1. The first-order chi connectivity index (χ1) is 12.5. The van der Waals surface area contributed by atoms with Gasteiger partial charge >= 0.3 is 0 Å². The Bertz CT molecular complexity index is 1180. The van der Waals surface area contributed by atoms with Crippen molar-refractivity contribution in [2.24, 2.45) is 5.14 Å². The van der Waals surface area contributed by atoms with Crippen molar-refractivity contribution < 1.29 is 13.2 Å². The second-order valence-corrected chi connectivity index (χ2v) is 8.20. The van der Waals surface area contributed by atoms with Crippen molar-refractivity contribution in [3.63, 3.8) is 0 Å². The normalized spacial score (nSPS) is 11.8. The average Bonchev–Trinajstić information content (AvgIpc) is 3.20. The zero-order valence-corrected chi connectivity index (χ0v) is 15.3. The summed E-state index contributed by atoms with van der Waals surface area (Å²) in [4.78, 5) is 5.06. The van der Waals surface area contributed by atoms with Gasteiger partial charge in [0.25, 0.3) is 10.0 Å². The Morgan fingerprint density at radius 2 is 1.73 bits per heavy atom. The van der Waals surface area contributed by atoms with Crippen molar-refractivity contribution in [2.75, 3.05) is 7.11 Å². The Labute approximate surface area is 153 Å². The summed E-state index contributed by atoms with van der Waals surface area (Å²) in [6.07, 6.45) is 0. The fraction of sp³-hybridized carbons (Fsp3) is 0.0588. The SMILES string of the molecule is COc1ccc(-c2c(-c3ccccc3)nc3sc(S(N)(=O)=O)nn23)cc1. The number of rotatable bonds is 4. The van der Waals surface area contributed by atoms with Gasteiger partial charge in [-0.05, 0) is 24.3 Å². The molecule has 0 aliphatic heterocycles. The summed E-state index contributed by atoms with van der Waals surface area (Å²) in [5, 5.41) is 9.40. The third kappa shape index (κ3) is 2.85. The molecular formula is C17H14N4O3S2.